The van der Waals surface area contributed by atoms with E-state index in [1.807, 2.05) is 13.8 Å². The Morgan fingerprint density at radius 2 is 1.90 bits per heavy atom. The molecule has 2 N–H and O–H groups in total. The van der Waals surface area contributed by atoms with E-state index in [4.69, 9.17) is 23.2 Å². The van der Waals surface area contributed by atoms with Crippen LogP contribution in [0.3, 0.4) is 0 Å². The van der Waals surface area contributed by atoms with Gasteiger partial charge in [0.2, 0.25) is 10.0 Å². The Morgan fingerprint density at radius 1 is 1.25 bits per heavy atom. The summed E-state index contributed by atoms with van der Waals surface area (Å²) in [5, 5.41) is 3.67. The first-order valence-corrected chi connectivity index (χ1v) is 8.76. The molecule has 1 unspecified atom stereocenters. The number of sulfonamides is 1. The van der Waals surface area contributed by atoms with E-state index in [2.05, 4.69) is 10.0 Å². The highest BCUT2D eigenvalue weighted by atomic mass is 35.5. The zero-order chi connectivity index (χ0) is 15.3. The van der Waals surface area contributed by atoms with Crippen molar-refractivity contribution < 1.29 is 8.42 Å². The van der Waals surface area contributed by atoms with E-state index in [0.717, 1.165) is 6.54 Å². The molecule has 0 saturated carbocycles. The van der Waals surface area contributed by atoms with Crippen LogP contribution in [0.4, 0.5) is 0 Å². The molecule has 1 aromatic carbocycles. The van der Waals surface area contributed by atoms with Gasteiger partial charge in [0.05, 0.1) is 5.02 Å². The molecule has 1 aromatic rings. The van der Waals surface area contributed by atoms with Gasteiger partial charge in [-0.15, -0.1) is 0 Å². The number of hydrogen-bond acceptors (Lipinski definition) is 3. The lowest BCUT2D eigenvalue weighted by atomic mass is 10.2. The van der Waals surface area contributed by atoms with Crippen LogP contribution in [-0.4, -0.2) is 21.0 Å². The molecule has 0 fully saturated rings. The lowest BCUT2D eigenvalue weighted by Crippen LogP contribution is -2.32. The molecular formula is C13H20Cl2N2O2S. The number of benzene rings is 1. The van der Waals surface area contributed by atoms with Gasteiger partial charge in [0, 0.05) is 17.6 Å². The average molecular weight is 339 g/mol. The second-order valence-corrected chi connectivity index (χ2v) is 7.08. The first-order valence-electron chi connectivity index (χ1n) is 6.52. The fourth-order valence-corrected chi connectivity index (χ4v) is 3.87. The van der Waals surface area contributed by atoms with E-state index in [0.29, 0.717) is 23.6 Å². The summed E-state index contributed by atoms with van der Waals surface area (Å²) in [7, 11) is -3.67. The second-order valence-electron chi connectivity index (χ2n) is 4.59. The maximum absolute atomic E-state index is 12.3. The number of rotatable bonds is 7. The van der Waals surface area contributed by atoms with Gasteiger partial charge in [-0.2, -0.15) is 0 Å². The standard InChI is InChI=1S/C13H20Cl2N2O2S/c1-4-9(3)17-20(18,19)12-7-11(14)6-10(13(12)15)8-16-5-2/h6-7,9,16-17H,4-5,8H2,1-3H3. The summed E-state index contributed by atoms with van der Waals surface area (Å²) in [5.41, 5.74) is 0.672. The Kier molecular flexibility index (Phi) is 6.75. The van der Waals surface area contributed by atoms with Gasteiger partial charge in [-0.05, 0) is 37.6 Å². The topological polar surface area (TPSA) is 58.2 Å². The molecule has 0 bridgehead atoms. The fraction of sp³-hybridized carbons (Fsp3) is 0.538. The fourth-order valence-electron chi connectivity index (χ4n) is 1.61. The first kappa shape index (κ1) is 17.7. The Labute approximate surface area is 130 Å². The van der Waals surface area contributed by atoms with E-state index in [1.54, 1.807) is 13.0 Å². The molecule has 0 saturated heterocycles. The molecule has 0 aliphatic carbocycles. The predicted octanol–water partition coefficient (Wildman–Crippen LogP) is 3.18. The largest absolute Gasteiger partial charge is 0.313 e. The van der Waals surface area contributed by atoms with E-state index >= 15 is 0 Å². The third-order valence-corrected chi connectivity index (χ3v) is 5.29. The van der Waals surface area contributed by atoms with Gasteiger partial charge in [-0.1, -0.05) is 37.0 Å². The van der Waals surface area contributed by atoms with Gasteiger partial charge in [0.1, 0.15) is 4.90 Å². The third kappa shape index (κ3) is 4.60. The molecular weight excluding hydrogens is 319 g/mol. The summed E-state index contributed by atoms with van der Waals surface area (Å²) < 4.78 is 27.2. The normalized spacial score (nSPS) is 13.4. The molecule has 0 amide bonds. The highest BCUT2D eigenvalue weighted by Crippen LogP contribution is 2.29. The molecule has 0 heterocycles. The van der Waals surface area contributed by atoms with Crippen molar-refractivity contribution in [1.82, 2.24) is 10.0 Å². The molecule has 114 valence electrons. The summed E-state index contributed by atoms with van der Waals surface area (Å²) in [4.78, 5) is 0.0277. The van der Waals surface area contributed by atoms with Crippen molar-refractivity contribution in [3.8, 4) is 0 Å². The summed E-state index contributed by atoms with van der Waals surface area (Å²) in [5.74, 6) is 0. The van der Waals surface area contributed by atoms with Gasteiger partial charge < -0.3 is 5.32 Å². The molecule has 0 aliphatic heterocycles. The maximum Gasteiger partial charge on any atom is 0.242 e. The van der Waals surface area contributed by atoms with Crippen molar-refractivity contribution in [2.24, 2.45) is 0 Å². The van der Waals surface area contributed by atoms with Crippen LogP contribution in [-0.2, 0) is 16.6 Å². The van der Waals surface area contributed by atoms with Gasteiger partial charge >= 0.3 is 0 Å². The lowest BCUT2D eigenvalue weighted by molar-refractivity contribution is 0.555. The molecule has 4 nitrogen and oxygen atoms in total. The summed E-state index contributed by atoms with van der Waals surface area (Å²) in [6, 6.07) is 2.89. The number of nitrogens with one attached hydrogen (secondary N) is 2. The summed E-state index contributed by atoms with van der Waals surface area (Å²) >= 11 is 12.2. The van der Waals surface area contributed by atoms with Gasteiger partial charge in [-0.25, -0.2) is 13.1 Å². The molecule has 20 heavy (non-hydrogen) atoms. The minimum Gasteiger partial charge on any atom is -0.313 e. The van der Waals surface area contributed by atoms with Crippen molar-refractivity contribution in [2.45, 2.75) is 44.7 Å². The molecule has 0 aliphatic rings. The smallest absolute Gasteiger partial charge is 0.242 e. The van der Waals surface area contributed by atoms with Crippen LogP contribution in [0.25, 0.3) is 0 Å². The van der Waals surface area contributed by atoms with E-state index < -0.39 is 10.0 Å². The zero-order valence-corrected chi connectivity index (χ0v) is 14.2. The lowest BCUT2D eigenvalue weighted by Gasteiger charge is -2.15. The monoisotopic (exact) mass is 338 g/mol. The molecule has 0 radical (unpaired) electrons. The number of halogens is 2. The van der Waals surface area contributed by atoms with Gasteiger partial charge in [0.25, 0.3) is 0 Å². The van der Waals surface area contributed by atoms with Gasteiger partial charge in [-0.3, -0.25) is 0 Å². The van der Waals surface area contributed by atoms with Crippen LogP contribution < -0.4 is 10.0 Å². The van der Waals surface area contributed by atoms with Crippen molar-refractivity contribution in [3.05, 3.63) is 27.7 Å². The van der Waals surface area contributed by atoms with Crippen molar-refractivity contribution in [2.75, 3.05) is 6.54 Å². The van der Waals surface area contributed by atoms with Crippen LogP contribution in [0.1, 0.15) is 32.8 Å². The third-order valence-electron chi connectivity index (χ3n) is 2.90. The predicted molar refractivity (Wildman–Crippen MR) is 83.9 cm³/mol. The first-order chi connectivity index (χ1) is 9.31. The van der Waals surface area contributed by atoms with Crippen molar-refractivity contribution in [1.29, 1.82) is 0 Å². The van der Waals surface area contributed by atoms with E-state index in [1.165, 1.54) is 6.07 Å². The minimum absolute atomic E-state index is 0.0277. The van der Waals surface area contributed by atoms with Crippen LogP contribution in [0.5, 0.6) is 0 Å². The van der Waals surface area contributed by atoms with E-state index in [9.17, 15) is 8.42 Å². The summed E-state index contributed by atoms with van der Waals surface area (Å²) in [6.45, 7) is 6.90. The maximum atomic E-state index is 12.3. The Balaban J connectivity index is 3.20. The average Bonchev–Trinajstić information content (AvgIpc) is 2.38. The van der Waals surface area contributed by atoms with E-state index in [-0.39, 0.29) is 16.0 Å². The summed E-state index contributed by atoms with van der Waals surface area (Å²) in [6.07, 6.45) is 0.696. The van der Waals surface area contributed by atoms with Crippen LogP contribution >= 0.6 is 23.2 Å². The van der Waals surface area contributed by atoms with Crippen LogP contribution in [0.15, 0.2) is 17.0 Å². The van der Waals surface area contributed by atoms with Gasteiger partial charge in [0.15, 0.2) is 0 Å². The molecule has 1 rings (SSSR count). The zero-order valence-electron chi connectivity index (χ0n) is 11.8. The highest BCUT2D eigenvalue weighted by Gasteiger charge is 2.22. The molecule has 0 aromatic heterocycles. The Morgan fingerprint density at radius 3 is 2.45 bits per heavy atom. The van der Waals surface area contributed by atoms with Crippen molar-refractivity contribution >= 4 is 33.2 Å². The minimum atomic E-state index is -3.67. The second kappa shape index (κ2) is 7.61. The Hall–Kier alpha value is -0.330. The van der Waals surface area contributed by atoms with Crippen LogP contribution in [0, 0.1) is 0 Å². The molecule has 1 atom stereocenters. The Bertz CT molecular complexity index is 562. The SMILES string of the molecule is CCNCc1cc(Cl)cc(S(=O)(=O)NC(C)CC)c1Cl. The van der Waals surface area contributed by atoms with Crippen LogP contribution in [0.2, 0.25) is 10.0 Å². The molecule has 0 spiro atoms. The quantitative estimate of drug-likeness (QED) is 0.802. The molecule has 7 heteroatoms. The number of hydrogen-bond donors (Lipinski definition) is 2. The van der Waals surface area contributed by atoms with Crippen molar-refractivity contribution in [3.63, 3.8) is 0 Å². The highest BCUT2D eigenvalue weighted by molar-refractivity contribution is 7.89.